The van der Waals surface area contributed by atoms with Gasteiger partial charge in [-0.3, -0.25) is 0 Å². The quantitative estimate of drug-likeness (QED) is 0.256. The minimum absolute atomic E-state index is 0.576. The summed E-state index contributed by atoms with van der Waals surface area (Å²) < 4.78 is 39.8. The van der Waals surface area contributed by atoms with Gasteiger partial charge in [0.05, 0.1) is 29.4 Å². The Hall–Kier alpha value is -1.48. The van der Waals surface area contributed by atoms with Gasteiger partial charge in [0.2, 0.25) is 0 Å². The third-order valence-electron chi connectivity index (χ3n) is 8.80. The van der Waals surface area contributed by atoms with Crippen LogP contribution in [0.5, 0.6) is 34.5 Å². The van der Waals surface area contributed by atoms with E-state index in [1.54, 1.807) is 70.6 Å². The highest BCUT2D eigenvalue weighted by atomic mass is 32.2. The van der Waals surface area contributed by atoms with Gasteiger partial charge in [0.25, 0.3) is 0 Å². The number of aliphatic hydroxyl groups is 1. The van der Waals surface area contributed by atoms with Crippen LogP contribution in [0.1, 0.15) is 99.8 Å². The Morgan fingerprint density at radius 3 is 0.680 bits per heavy atom. The van der Waals surface area contributed by atoms with Crippen molar-refractivity contribution in [3.05, 3.63) is 34.9 Å². The van der Waals surface area contributed by atoms with Crippen molar-refractivity contribution in [1.82, 2.24) is 0 Å². The van der Waals surface area contributed by atoms with Crippen LogP contribution in [0.4, 0.5) is 0 Å². The molecule has 266 valence electrons. The van der Waals surface area contributed by atoms with Gasteiger partial charge in [-0.15, -0.1) is 0 Å². The Labute approximate surface area is 319 Å². The normalized spacial score (nSPS) is 23.9. The first kappa shape index (κ1) is 34.3. The van der Waals surface area contributed by atoms with Crippen molar-refractivity contribution in [3.63, 3.8) is 0 Å². The molecule has 6 aliphatic rings. The van der Waals surface area contributed by atoms with Crippen molar-refractivity contribution in [2.75, 3.05) is 0 Å². The minimum Gasteiger partial charge on any atom is -0.476 e. The number of hydrogen-bond acceptors (Lipinski definition) is 13. The molecule has 0 fully saturated rings. The molecule has 0 aliphatic carbocycles. The Morgan fingerprint density at radius 2 is 0.520 bits per heavy atom. The van der Waals surface area contributed by atoms with Crippen molar-refractivity contribution in [3.8, 4) is 34.5 Å². The molecular formula is C37H40O7S6. The highest BCUT2D eigenvalue weighted by Gasteiger charge is 2.57. The third kappa shape index (κ3) is 5.17. The van der Waals surface area contributed by atoms with Crippen LogP contribution in [0.25, 0.3) is 0 Å². The molecule has 0 radical (unpaired) electrons. The van der Waals surface area contributed by atoms with Gasteiger partial charge < -0.3 is 33.5 Å². The number of ether oxygens (including phenoxy) is 6. The molecule has 3 aromatic rings. The van der Waals surface area contributed by atoms with Crippen molar-refractivity contribution >= 4 is 70.6 Å². The summed E-state index contributed by atoms with van der Waals surface area (Å²) in [7, 11) is 0. The molecule has 0 unspecified atom stereocenters. The van der Waals surface area contributed by atoms with Gasteiger partial charge in [-0.1, -0.05) is 70.6 Å². The van der Waals surface area contributed by atoms with Crippen LogP contribution >= 0.6 is 70.6 Å². The fraction of sp³-hybridized carbons (Fsp3) is 0.514. The van der Waals surface area contributed by atoms with E-state index in [2.05, 4.69) is 83.1 Å². The summed E-state index contributed by atoms with van der Waals surface area (Å²) in [6, 6.07) is 6.00. The van der Waals surface area contributed by atoms with E-state index in [9.17, 15) is 5.11 Å². The van der Waals surface area contributed by atoms with Crippen molar-refractivity contribution in [1.29, 1.82) is 0 Å². The van der Waals surface area contributed by atoms with Gasteiger partial charge in [-0.05, 0) is 83.1 Å². The second-order valence-corrected chi connectivity index (χ2v) is 25.6. The number of fused-ring (bicyclic) bond motifs is 6. The standard InChI is InChI=1S/C37H40O7S6/c1-31(2)39-16-13-17-26(46-32(3,4)40-17)22(25(16)45-31)37(38,23-27-18(41-33(5,6)47-27)14-19-28(23)48-34(7,8)42-19)24-29-20(43-35(9,10)49-29)15-21-30(24)50-36(11,12)44-21/h13-15,38H,1-12H3. The monoisotopic (exact) mass is 788 g/mol. The topological polar surface area (TPSA) is 75.6 Å². The average Bonchev–Trinajstić information content (AvgIpc) is 3.72. The van der Waals surface area contributed by atoms with Crippen molar-refractivity contribution in [2.24, 2.45) is 0 Å². The fourth-order valence-electron chi connectivity index (χ4n) is 7.41. The van der Waals surface area contributed by atoms with Gasteiger partial charge >= 0.3 is 0 Å². The van der Waals surface area contributed by atoms with E-state index >= 15 is 0 Å². The summed E-state index contributed by atoms with van der Waals surface area (Å²) in [6.45, 7) is 24.8. The summed E-state index contributed by atoms with van der Waals surface area (Å²) >= 11 is 9.79. The lowest BCUT2D eigenvalue weighted by Crippen LogP contribution is -2.33. The minimum atomic E-state index is -1.78. The zero-order valence-corrected chi connectivity index (χ0v) is 35.0. The summed E-state index contributed by atoms with van der Waals surface area (Å²) in [5.74, 6) is 4.17. The number of rotatable bonds is 3. The Morgan fingerprint density at radius 1 is 0.360 bits per heavy atom. The zero-order valence-electron chi connectivity index (χ0n) is 30.1. The molecule has 0 saturated heterocycles. The van der Waals surface area contributed by atoms with Crippen LogP contribution in [-0.2, 0) is 5.60 Å². The highest BCUT2D eigenvalue weighted by molar-refractivity contribution is 8.02. The molecule has 0 bridgehead atoms. The van der Waals surface area contributed by atoms with Crippen LogP contribution in [0, 0.1) is 0 Å². The molecule has 13 heteroatoms. The molecule has 0 amide bonds. The molecule has 7 nitrogen and oxygen atoms in total. The van der Waals surface area contributed by atoms with E-state index in [-0.39, 0.29) is 0 Å². The number of thioether (sulfide) groups is 6. The van der Waals surface area contributed by atoms with Crippen LogP contribution in [0.15, 0.2) is 47.6 Å². The molecule has 1 N–H and O–H groups in total. The number of hydrogen-bond donors (Lipinski definition) is 1. The molecular weight excluding hydrogens is 749 g/mol. The van der Waals surface area contributed by atoms with Gasteiger partial charge in [0.15, 0.2) is 29.6 Å². The third-order valence-corrected chi connectivity index (χ3v) is 15.9. The summed E-state index contributed by atoms with van der Waals surface area (Å²) in [4.78, 5) is 1.88. The fourth-order valence-corrected chi connectivity index (χ4v) is 14.7. The molecule has 0 spiro atoms. The van der Waals surface area contributed by atoms with Gasteiger partial charge in [0, 0.05) is 34.9 Å². The molecule has 50 heavy (non-hydrogen) atoms. The maximum atomic E-state index is 14.8. The van der Waals surface area contributed by atoms with E-state index in [1.165, 1.54) is 0 Å². The molecule has 6 aliphatic heterocycles. The van der Waals surface area contributed by atoms with Crippen molar-refractivity contribution in [2.45, 2.75) is 148 Å². The summed E-state index contributed by atoms with van der Waals surface area (Å²) in [6.07, 6.45) is 0. The summed E-state index contributed by atoms with van der Waals surface area (Å²) in [5.41, 5.74) is 0.449. The first-order valence-electron chi connectivity index (χ1n) is 16.6. The second-order valence-electron chi connectivity index (χ2n) is 16.1. The lowest BCUT2D eigenvalue weighted by atomic mass is 9.79. The summed E-state index contributed by atoms with van der Waals surface area (Å²) in [5, 5.41) is 14.8. The molecule has 6 heterocycles. The Bertz CT molecular complexity index is 1710. The van der Waals surface area contributed by atoms with Crippen molar-refractivity contribution < 1.29 is 33.5 Å². The molecule has 0 aromatic heterocycles. The van der Waals surface area contributed by atoms with Gasteiger partial charge in [-0.2, -0.15) is 0 Å². The Kier molecular flexibility index (Phi) is 6.98. The van der Waals surface area contributed by atoms with Crippen LogP contribution < -0.4 is 28.4 Å². The van der Waals surface area contributed by atoms with Crippen LogP contribution in [0.2, 0.25) is 0 Å². The van der Waals surface area contributed by atoms with E-state index in [4.69, 9.17) is 28.4 Å². The van der Waals surface area contributed by atoms with Gasteiger partial charge in [-0.25, -0.2) is 0 Å². The van der Waals surface area contributed by atoms with E-state index in [0.29, 0.717) is 34.5 Å². The first-order chi connectivity index (χ1) is 23.0. The highest BCUT2D eigenvalue weighted by Crippen LogP contribution is 2.70. The molecule has 0 saturated carbocycles. The Balaban J connectivity index is 1.48. The second kappa shape index (κ2) is 10.2. The first-order valence-corrected chi connectivity index (χ1v) is 21.5. The lowest BCUT2D eigenvalue weighted by Gasteiger charge is -2.36. The predicted molar refractivity (Wildman–Crippen MR) is 205 cm³/mol. The van der Waals surface area contributed by atoms with Crippen LogP contribution in [-0.4, -0.2) is 34.7 Å². The largest absolute Gasteiger partial charge is 0.476 e. The molecule has 9 rings (SSSR count). The predicted octanol–water partition coefficient (Wildman–Crippen LogP) is 11.3. The van der Waals surface area contributed by atoms with E-state index < -0.39 is 35.2 Å². The average molecular weight is 789 g/mol. The molecule has 0 atom stereocenters. The SMILES string of the molecule is CC1(C)Oc2cc3c(c(C(O)(c4c5c(cc6c4SC(C)(C)O6)OC(C)(C)S5)c4c5c(cc6c4SC(C)(C)O6)OC(C)(C)S5)c2S1)SC(C)(C)O3. The zero-order chi connectivity index (χ0) is 35.8. The maximum Gasteiger partial charge on any atom is 0.153 e. The lowest BCUT2D eigenvalue weighted by molar-refractivity contribution is 0.104. The van der Waals surface area contributed by atoms with E-state index in [1.807, 2.05) is 18.2 Å². The smallest absolute Gasteiger partial charge is 0.153 e. The van der Waals surface area contributed by atoms with E-state index in [0.717, 1.165) is 46.1 Å². The van der Waals surface area contributed by atoms with Crippen LogP contribution in [0.3, 0.4) is 0 Å². The molecule has 3 aromatic carbocycles. The number of benzene rings is 3. The maximum absolute atomic E-state index is 14.8. The van der Waals surface area contributed by atoms with Gasteiger partial charge in [0.1, 0.15) is 40.1 Å².